The number of hydrogen-bond acceptors (Lipinski definition) is 2. The highest BCUT2D eigenvalue weighted by Crippen LogP contribution is 2.16. The molecule has 0 radical (unpaired) electrons. The van der Waals surface area contributed by atoms with Gasteiger partial charge in [-0.1, -0.05) is 36.1 Å². The van der Waals surface area contributed by atoms with Gasteiger partial charge in [-0.05, 0) is 60.7 Å². The molecule has 3 heteroatoms. The van der Waals surface area contributed by atoms with Crippen LogP contribution in [0, 0.1) is 17.7 Å². The van der Waals surface area contributed by atoms with Crippen molar-refractivity contribution in [2.45, 2.75) is 6.61 Å². The molecule has 0 spiro atoms. The summed E-state index contributed by atoms with van der Waals surface area (Å²) in [7, 11) is 0. The molecule has 0 unspecified atom stereocenters. The molecule has 27 heavy (non-hydrogen) atoms. The summed E-state index contributed by atoms with van der Waals surface area (Å²) in [5, 5.41) is 1.12. The van der Waals surface area contributed by atoms with Crippen LogP contribution < -0.4 is 4.74 Å². The molecule has 0 aliphatic carbocycles. The third-order valence-electron chi connectivity index (χ3n) is 4.09. The van der Waals surface area contributed by atoms with Crippen LogP contribution in [0.5, 0.6) is 5.75 Å². The number of rotatable bonds is 3. The molecule has 0 N–H and O–H groups in total. The summed E-state index contributed by atoms with van der Waals surface area (Å²) < 4.78 is 18.7. The highest BCUT2D eigenvalue weighted by atomic mass is 19.1. The molecule has 2 nitrogen and oxygen atoms in total. The molecule has 0 aliphatic rings. The zero-order valence-corrected chi connectivity index (χ0v) is 14.5. The van der Waals surface area contributed by atoms with Gasteiger partial charge in [0.25, 0.3) is 0 Å². The van der Waals surface area contributed by atoms with Crippen LogP contribution in [0.3, 0.4) is 0 Å². The van der Waals surface area contributed by atoms with E-state index in [1.807, 2.05) is 54.6 Å². The van der Waals surface area contributed by atoms with Crippen molar-refractivity contribution in [2.75, 3.05) is 0 Å². The van der Waals surface area contributed by atoms with E-state index >= 15 is 0 Å². The first-order valence-corrected chi connectivity index (χ1v) is 8.61. The van der Waals surface area contributed by atoms with Crippen molar-refractivity contribution in [1.29, 1.82) is 0 Å². The molecule has 1 heterocycles. The number of benzene rings is 3. The Hall–Kier alpha value is -3.64. The van der Waals surface area contributed by atoms with Crippen LogP contribution in [0.4, 0.5) is 4.39 Å². The Morgan fingerprint density at radius 2 is 1.41 bits per heavy atom. The van der Waals surface area contributed by atoms with Crippen molar-refractivity contribution in [2.24, 2.45) is 0 Å². The standard InChI is InChI=1S/C24H16FNO/c25-21-12-7-18(8-13-21)5-6-19-9-15-23(16-10-19)27-17-22-14-11-20-3-1-2-4-24(20)26-22/h1-4,7-16H,17H2. The summed E-state index contributed by atoms with van der Waals surface area (Å²) in [5.74, 6) is 6.58. The lowest BCUT2D eigenvalue weighted by atomic mass is 10.2. The quantitative estimate of drug-likeness (QED) is 0.463. The van der Waals surface area contributed by atoms with Gasteiger partial charge < -0.3 is 4.74 Å². The molecule has 4 rings (SSSR count). The Kier molecular flexibility index (Phi) is 4.80. The molecular weight excluding hydrogens is 337 g/mol. The van der Waals surface area contributed by atoms with E-state index in [1.54, 1.807) is 12.1 Å². The number of ether oxygens (including phenoxy) is 1. The second-order valence-electron chi connectivity index (χ2n) is 6.07. The summed E-state index contributed by atoms with van der Waals surface area (Å²) >= 11 is 0. The largest absolute Gasteiger partial charge is 0.487 e. The summed E-state index contributed by atoms with van der Waals surface area (Å²) in [5.41, 5.74) is 3.49. The monoisotopic (exact) mass is 353 g/mol. The summed E-state index contributed by atoms with van der Waals surface area (Å²) in [6.07, 6.45) is 0. The van der Waals surface area contributed by atoms with Crippen molar-refractivity contribution in [1.82, 2.24) is 4.98 Å². The molecule has 0 saturated carbocycles. The number of para-hydroxylation sites is 1. The van der Waals surface area contributed by atoms with Gasteiger partial charge in [0.1, 0.15) is 18.2 Å². The number of aromatic nitrogens is 1. The van der Waals surface area contributed by atoms with Crippen LogP contribution in [0.15, 0.2) is 84.9 Å². The van der Waals surface area contributed by atoms with Gasteiger partial charge in [0.2, 0.25) is 0 Å². The van der Waals surface area contributed by atoms with E-state index in [1.165, 1.54) is 12.1 Å². The topological polar surface area (TPSA) is 22.1 Å². The average Bonchev–Trinajstić information content (AvgIpc) is 2.72. The van der Waals surface area contributed by atoms with E-state index in [0.717, 1.165) is 33.5 Å². The molecule has 0 amide bonds. The van der Waals surface area contributed by atoms with Crippen molar-refractivity contribution in [3.63, 3.8) is 0 Å². The molecule has 1 aromatic heterocycles. The normalized spacial score (nSPS) is 10.3. The first kappa shape index (κ1) is 16.8. The molecule has 0 aliphatic heterocycles. The van der Waals surface area contributed by atoms with Crippen LogP contribution >= 0.6 is 0 Å². The fraction of sp³-hybridized carbons (Fsp3) is 0.0417. The molecule has 4 aromatic rings. The SMILES string of the molecule is Fc1ccc(C#Cc2ccc(OCc3ccc4ccccc4n3)cc2)cc1. The Labute approximate surface area is 157 Å². The van der Waals surface area contributed by atoms with Gasteiger partial charge in [-0.3, -0.25) is 0 Å². The number of nitrogens with zero attached hydrogens (tertiary/aromatic N) is 1. The predicted molar refractivity (Wildman–Crippen MR) is 105 cm³/mol. The second kappa shape index (κ2) is 7.72. The van der Waals surface area contributed by atoms with Crippen molar-refractivity contribution < 1.29 is 9.13 Å². The maximum Gasteiger partial charge on any atom is 0.130 e. The lowest BCUT2D eigenvalue weighted by Crippen LogP contribution is -1.98. The highest BCUT2D eigenvalue weighted by molar-refractivity contribution is 5.78. The Morgan fingerprint density at radius 1 is 0.741 bits per heavy atom. The zero-order chi connectivity index (χ0) is 18.5. The third kappa shape index (κ3) is 4.31. The summed E-state index contributed by atoms with van der Waals surface area (Å²) in [6.45, 7) is 0.408. The van der Waals surface area contributed by atoms with Gasteiger partial charge in [-0.15, -0.1) is 0 Å². The first-order chi connectivity index (χ1) is 13.3. The Morgan fingerprint density at radius 3 is 2.15 bits per heavy atom. The van der Waals surface area contributed by atoms with E-state index in [0.29, 0.717) is 6.61 Å². The van der Waals surface area contributed by atoms with Gasteiger partial charge in [0.15, 0.2) is 0 Å². The maximum absolute atomic E-state index is 12.9. The summed E-state index contributed by atoms with van der Waals surface area (Å²) in [6, 6.07) is 25.7. The minimum absolute atomic E-state index is 0.261. The van der Waals surface area contributed by atoms with Crippen molar-refractivity contribution in [3.05, 3.63) is 108 Å². The molecule has 130 valence electrons. The predicted octanol–water partition coefficient (Wildman–Crippen LogP) is 5.35. The van der Waals surface area contributed by atoms with Gasteiger partial charge in [0, 0.05) is 16.5 Å². The van der Waals surface area contributed by atoms with Crippen LogP contribution in [0.25, 0.3) is 10.9 Å². The van der Waals surface area contributed by atoms with Crippen LogP contribution in [0.2, 0.25) is 0 Å². The van der Waals surface area contributed by atoms with E-state index in [9.17, 15) is 4.39 Å². The number of hydrogen-bond donors (Lipinski definition) is 0. The maximum atomic E-state index is 12.9. The Bertz CT molecular complexity index is 1120. The number of pyridine rings is 1. The lowest BCUT2D eigenvalue weighted by molar-refractivity contribution is 0.302. The molecule has 0 fully saturated rings. The van der Waals surface area contributed by atoms with Gasteiger partial charge >= 0.3 is 0 Å². The number of halogens is 1. The van der Waals surface area contributed by atoms with Gasteiger partial charge in [-0.25, -0.2) is 9.37 Å². The van der Waals surface area contributed by atoms with E-state index < -0.39 is 0 Å². The average molecular weight is 353 g/mol. The smallest absolute Gasteiger partial charge is 0.130 e. The second-order valence-corrected chi connectivity index (χ2v) is 6.07. The van der Waals surface area contributed by atoms with Crippen LogP contribution in [-0.4, -0.2) is 4.98 Å². The molecule has 0 atom stereocenters. The molecule has 0 bridgehead atoms. The minimum Gasteiger partial charge on any atom is -0.487 e. The Balaban J connectivity index is 1.41. The molecular formula is C24H16FNO. The van der Waals surface area contributed by atoms with Crippen LogP contribution in [0.1, 0.15) is 16.8 Å². The van der Waals surface area contributed by atoms with Crippen molar-refractivity contribution in [3.8, 4) is 17.6 Å². The lowest BCUT2D eigenvalue weighted by Gasteiger charge is -2.06. The van der Waals surface area contributed by atoms with E-state index in [4.69, 9.17) is 4.74 Å². The van der Waals surface area contributed by atoms with Gasteiger partial charge in [0.05, 0.1) is 11.2 Å². The minimum atomic E-state index is -0.261. The fourth-order valence-corrected chi connectivity index (χ4v) is 2.66. The molecule has 0 saturated heterocycles. The van der Waals surface area contributed by atoms with E-state index in [-0.39, 0.29) is 5.82 Å². The first-order valence-electron chi connectivity index (χ1n) is 8.61. The van der Waals surface area contributed by atoms with E-state index in [2.05, 4.69) is 22.9 Å². The van der Waals surface area contributed by atoms with Crippen molar-refractivity contribution >= 4 is 10.9 Å². The fourth-order valence-electron chi connectivity index (χ4n) is 2.66. The zero-order valence-electron chi connectivity index (χ0n) is 14.5. The van der Waals surface area contributed by atoms with Crippen LogP contribution in [-0.2, 0) is 6.61 Å². The van der Waals surface area contributed by atoms with Gasteiger partial charge in [-0.2, -0.15) is 0 Å². The molecule has 3 aromatic carbocycles. The highest BCUT2D eigenvalue weighted by Gasteiger charge is 2.00. The summed E-state index contributed by atoms with van der Waals surface area (Å²) in [4.78, 5) is 4.60. The number of fused-ring (bicyclic) bond motifs is 1. The third-order valence-corrected chi connectivity index (χ3v) is 4.09.